The lowest BCUT2D eigenvalue weighted by Gasteiger charge is -2.14. The number of hydrogen-bond acceptors (Lipinski definition) is 5. The van der Waals surface area contributed by atoms with E-state index < -0.39 is 12.1 Å². The average Bonchev–Trinajstić information content (AvgIpc) is 3.18. The zero-order valence-electron chi connectivity index (χ0n) is 17.3. The fraction of sp³-hybridized carbons (Fsp3) is 0.250. The summed E-state index contributed by atoms with van der Waals surface area (Å²) in [5, 5.41) is 3.32. The van der Waals surface area contributed by atoms with E-state index in [9.17, 15) is 9.59 Å². The van der Waals surface area contributed by atoms with Crippen LogP contribution in [-0.2, 0) is 9.53 Å². The molecule has 3 aromatic rings. The topological polar surface area (TPSA) is 64.6 Å². The molecule has 1 amide bonds. The Morgan fingerprint density at radius 3 is 2.27 bits per heavy atom. The summed E-state index contributed by atoms with van der Waals surface area (Å²) in [4.78, 5) is 26.2. The van der Waals surface area contributed by atoms with E-state index in [2.05, 4.69) is 12.2 Å². The molecule has 0 saturated heterocycles. The number of anilines is 1. The Morgan fingerprint density at radius 1 is 1.00 bits per heavy atom. The Bertz CT molecular complexity index is 985. The largest absolute Gasteiger partial charge is 0.481 e. The Kier molecular flexibility index (Phi) is 7.25. The highest BCUT2D eigenvalue weighted by atomic mass is 32.1. The van der Waals surface area contributed by atoms with Gasteiger partial charge in [-0.3, -0.25) is 4.79 Å². The van der Waals surface area contributed by atoms with Gasteiger partial charge in [0.2, 0.25) is 0 Å². The average molecular weight is 424 g/mol. The van der Waals surface area contributed by atoms with Crippen LogP contribution in [0.1, 0.15) is 47.5 Å². The molecule has 0 fully saturated rings. The quantitative estimate of drug-likeness (QED) is 0.487. The molecule has 3 rings (SSSR count). The molecule has 156 valence electrons. The van der Waals surface area contributed by atoms with Crippen molar-refractivity contribution in [2.45, 2.75) is 32.8 Å². The molecule has 1 heterocycles. The maximum atomic E-state index is 12.7. The van der Waals surface area contributed by atoms with Gasteiger partial charge in [0, 0.05) is 10.8 Å². The summed E-state index contributed by atoms with van der Waals surface area (Å²) >= 11 is 1.38. The van der Waals surface area contributed by atoms with Gasteiger partial charge in [0.1, 0.15) is 10.8 Å². The van der Waals surface area contributed by atoms with Crippen LogP contribution >= 0.6 is 11.3 Å². The van der Waals surface area contributed by atoms with Crippen LogP contribution in [0.4, 0.5) is 5.00 Å². The van der Waals surface area contributed by atoms with Crippen molar-refractivity contribution >= 4 is 28.2 Å². The van der Waals surface area contributed by atoms with Crippen LogP contribution in [0, 0.1) is 0 Å². The maximum absolute atomic E-state index is 12.7. The Balaban J connectivity index is 1.82. The molecular weight excluding hydrogens is 398 g/mol. The number of para-hydroxylation sites is 1. The Labute approximate surface area is 180 Å². The van der Waals surface area contributed by atoms with Crippen molar-refractivity contribution in [2.75, 3.05) is 11.9 Å². The number of rotatable bonds is 8. The van der Waals surface area contributed by atoms with Crippen molar-refractivity contribution in [3.63, 3.8) is 0 Å². The van der Waals surface area contributed by atoms with E-state index in [0.717, 1.165) is 10.4 Å². The van der Waals surface area contributed by atoms with Crippen LogP contribution in [-0.4, -0.2) is 24.6 Å². The van der Waals surface area contributed by atoms with Gasteiger partial charge < -0.3 is 14.8 Å². The van der Waals surface area contributed by atoms with Gasteiger partial charge in [-0.2, -0.15) is 0 Å². The lowest BCUT2D eigenvalue weighted by atomic mass is 9.99. The molecule has 0 aliphatic heterocycles. The molecule has 0 radical (unpaired) electrons. The third kappa shape index (κ3) is 5.27. The third-order valence-electron chi connectivity index (χ3n) is 4.63. The molecule has 0 bridgehead atoms. The van der Waals surface area contributed by atoms with E-state index in [1.807, 2.05) is 48.5 Å². The molecule has 0 spiro atoms. The van der Waals surface area contributed by atoms with Crippen molar-refractivity contribution in [3.8, 4) is 5.75 Å². The molecule has 0 unspecified atom stereocenters. The Hall–Kier alpha value is -3.12. The first kappa shape index (κ1) is 21.6. The number of amides is 1. The van der Waals surface area contributed by atoms with Gasteiger partial charge in [-0.15, -0.1) is 11.3 Å². The van der Waals surface area contributed by atoms with Crippen molar-refractivity contribution < 1.29 is 19.1 Å². The zero-order valence-corrected chi connectivity index (χ0v) is 18.1. The van der Waals surface area contributed by atoms with Crippen LogP contribution in [0.5, 0.6) is 5.75 Å². The summed E-state index contributed by atoms with van der Waals surface area (Å²) in [6.45, 7) is 5.77. The summed E-state index contributed by atoms with van der Waals surface area (Å²) in [5.74, 6) is -0.0966. The minimum atomic E-state index is -0.723. The number of hydrogen-bond donors (Lipinski definition) is 1. The Morgan fingerprint density at radius 2 is 1.63 bits per heavy atom. The summed E-state index contributed by atoms with van der Waals surface area (Å²) in [6, 6.07) is 21.0. The van der Waals surface area contributed by atoms with E-state index in [1.54, 1.807) is 32.0 Å². The number of carbonyl (C=O) groups excluding carboxylic acids is 2. The smallest absolute Gasteiger partial charge is 0.341 e. The molecule has 0 saturated carbocycles. The SMILES string of the molecule is CCOC(=O)c1cc([C@@H](C)c2ccccc2)sc1NC(=O)[C@H](C)Oc1ccccc1. The second-order valence-corrected chi connectivity index (χ2v) is 7.89. The summed E-state index contributed by atoms with van der Waals surface area (Å²) in [6.07, 6.45) is -0.723. The molecule has 5 nitrogen and oxygen atoms in total. The first-order chi connectivity index (χ1) is 14.5. The highest BCUT2D eigenvalue weighted by molar-refractivity contribution is 7.16. The zero-order chi connectivity index (χ0) is 21.5. The molecule has 6 heteroatoms. The molecule has 2 aromatic carbocycles. The van der Waals surface area contributed by atoms with E-state index in [1.165, 1.54) is 11.3 Å². The molecule has 1 aromatic heterocycles. The van der Waals surface area contributed by atoms with Crippen molar-refractivity contribution in [1.29, 1.82) is 0 Å². The number of nitrogens with one attached hydrogen (secondary N) is 1. The monoisotopic (exact) mass is 423 g/mol. The molecular formula is C24H25NO4S. The van der Waals surface area contributed by atoms with Gasteiger partial charge >= 0.3 is 5.97 Å². The molecule has 2 atom stereocenters. The predicted molar refractivity (Wildman–Crippen MR) is 119 cm³/mol. The molecule has 30 heavy (non-hydrogen) atoms. The van der Waals surface area contributed by atoms with E-state index in [-0.39, 0.29) is 18.4 Å². The fourth-order valence-corrected chi connectivity index (χ4v) is 4.08. The van der Waals surface area contributed by atoms with Crippen molar-refractivity contribution in [1.82, 2.24) is 0 Å². The van der Waals surface area contributed by atoms with Crippen LogP contribution in [0.2, 0.25) is 0 Å². The number of esters is 1. The molecule has 0 aliphatic rings. The minimum absolute atomic E-state index is 0.0769. The van der Waals surface area contributed by atoms with Crippen LogP contribution < -0.4 is 10.1 Å². The molecule has 1 N–H and O–H groups in total. The summed E-state index contributed by atoms with van der Waals surface area (Å²) in [5.41, 5.74) is 1.49. The number of benzene rings is 2. The summed E-state index contributed by atoms with van der Waals surface area (Å²) in [7, 11) is 0. The first-order valence-corrected chi connectivity index (χ1v) is 10.7. The normalized spacial score (nSPS) is 12.6. The molecule has 0 aliphatic carbocycles. The van der Waals surface area contributed by atoms with Crippen molar-refractivity contribution in [3.05, 3.63) is 82.7 Å². The second kappa shape index (κ2) is 10.1. The van der Waals surface area contributed by atoms with Gasteiger partial charge in [0.05, 0.1) is 12.2 Å². The fourth-order valence-electron chi connectivity index (χ4n) is 2.95. The first-order valence-electron chi connectivity index (χ1n) is 9.88. The van der Waals surface area contributed by atoms with Gasteiger partial charge in [-0.25, -0.2) is 4.79 Å². The lowest BCUT2D eigenvalue weighted by molar-refractivity contribution is -0.122. The van der Waals surface area contributed by atoms with E-state index in [0.29, 0.717) is 16.3 Å². The standard InChI is InChI=1S/C24H25NO4S/c1-4-28-24(27)20-15-21(16(2)18-11-7-5-8-12-18)30-23(20)25-22(26)17(3)29-19-13-9-6-10-14-19/h5-17H,4H2,1-3H3,(H,25,26)/t16-,17-/m0/s1. The summed E-state index contributed by atoms with van der Waals surface area (Å²) < 4.78 is 10.9. The third-order valence-corrected chi connectivity index (χ3v) is 5.87. The van der Waals surface area contributed by atoms with Crippen LogP contribution in [0.3, 0.4) is 0 Å². The number of carbonyl (C=O) groups is 2. The van der Waals surface area contributed by atoms with E-state index in [4.69, 9.17) is 9.47 Å². The highest BCUT2D eigenvalue weighted by Gasteiger charge is 2.24. The maximum Gasteiger partial charge on any atom is 0.341 e. The minimum Gasteiger partial charge on any atom is -0.481 e. The van der Waals surface area contributed by atoms with Gasteiger partial charge in [-0.1, -0.05) is 55.5 Å². The van der Waals surface area contributed by atoms with Gasteiger partial charge in [-0.05, 0) is 37.6 Å². The van der Waals surface area contributed by atoms with Crippen LogP contribution in [0.15, 0.2) is 66.7 Å². The highest BCUT2D eigenvalue weighted by Crippen LogP contribution is 2.36. The lowest BCUT2D eigenvalue weighted by Crippen LogP contribution is -2.30. The van der Waals surface area contributed by atoms with E-state index >= 15 is 0 Å². The number of thiophene rings is 1. The van der Waals surface area contributed by atoms with Gasteiger partial charge in [0.25, 0.3) is 5.91 Å². The van der Waals surface area contributed by atoms with Gasteiger partial charge in [0.15, 0.2) is 6.10 Å². The predicted octanol–water partition coefficient (Wildman–Crippen LogP) is 5.48. The van der Waals surface area contributed by atoms with Crippen molar-refractivity contribution in [2.24, 2.45) is 0 Å². The number of ether oxygens (including phenoxy) is 2. The second-order valence-electron chi connectivity index (χ2n) is 6.81. The van der Waals surface area contributed by atoms with Crippen LogP contribution in [0.25, 0.3) is 0 Å².